The number of halogens is 2. The quantitative estimate of drug-likeness (QED) is 0.280. The number of carboxylic acid groups (broad SMARTS) is 1. The van der Waals surface area contributed by atoms with Crippen molar-refractivity contribution >= 4 is 55.5 Å². The Morgan fingerprint density at radius 2 is 1.94 bits per heavy atom. The number of aliphatic carboxylic acids is 1. The molecule has 0 aliphatic heterocycles. The summed E-state index contributed by atoms with van der Waals surface area (Å²) < 4.78 is 21.3. The van der Waals surface area contributed by atoms with Crippen molar-refractivity contribution in [3.05, 3.63) is 82.2 Å². The molecule has 33 heavy (non-hydrogen) atoms. The van der Waals surface area contributed by atoms with Gasteiger partial charge in [-0.3, -0.25) is 9.59 Å². The fraction of sp³-hybridized carbons (Fsp3) is 0.0417. The Morgan fingerprint density at radius 1 is 1.09 bits per heavy atom. The molecule has 2 aromatic heterocycles. The van der Waals surface area contributed by atoms with Crippen LogP contribution in [0.3, 0.4) is 0 Å². The molecule has 0 fully saturated rings. The number of carboxylic acids is 1. The number of rotatable bonds is 5. The Bertz CT molecular complexity index is 1560. The van der Waals surface area contributed by atoms with E-state index in [2.05, 4.69) is 31.2 Å². The zero-order chi connectivity index (χ0) is 23.1. The highest BCUT2D eigenvalue weighted by atomic mass is 79.9. The van der Waals surface area contributed by atoms with Gasteiger partial charge in [0.05, 0.1) is 12.1 Å². The Labute approximate surface area is 194 Å². The van der Waals surface area contributed by atoms with Crippen molar-refractivity contribution in [3.8, 4) is 11.5 Å². The Balaban J connectivity index is 1.38. The zero-order valence-electron chi connectivity index (χ0n) is 16.9. The maximum atomic E-state index is 14.8. The van der Waals surface area contributed by atoms with Gasteiger partial charge in [0.1, 0.15) is 17.0 Å². The van der Waals surface area contributed by atoms with Crippen LogP contribution in [-0.4, -0.2) is 27.0 Å². The van der Waals surface area contributed by atoms with E-state index in [1.54, 1.807) is 30.3 Å². The van der Waals surface area contributed by atoms with Gasteiger partial charge in [-0.15, -0.1) is 0 Å². The Kier molecular flexibility index (Phi) is 5.18. The van der Waals surface area contributed by atoms with Crippen molar-refractivity contribution in [2.75, 3.05) is 5.32 Å². The van der Waals surface area contributed by atoms with Crippen LogP contribution >= 0.6 is 15.9 Å². The molecule has 0 atom stereocenters. The van der Waals surface area contributed by atoms with Crippen LogP contribution in [-0.2, 0) is 11.2 Å². The molecule has 0 saturated heterocycles. The van der Waals surface area contributed by atoms with E-state index < -0.39 is 17.7 Å². The van der Waals surface area contributed by atoms with Gasteiger partial charge in [0.15, 0.2) is 5.58 Å². The van der Waals surface area contributed by atoms with E-state index in [0.717, 1.165) is 15.4 Å². The van der Waals surface area contributed by atoms with Crippen LogP contribution in [0.25, 0.3) is 33.5 Å². The summed E-state index contributed by atoms with van der Waals surface area (Å²) in [5, 5.41) is 12.4. The summed E-state index contributed by atoms with van der Waals surface area (Å²) in [7, 11) is 0. The van der Waals surface area contributed by atoms with Gasteiger partial charge in [0.25, 0.3) is 5.91 Å². The second kappa shape index (κ2) is 8.18. The monoisotopic (exact) mass is 507 g/mol. The first-order valence-electron chi connectivity index (χ1n) is 9.86. The van der Waals surface area contributed by atoms with E-state index >= 15 is 0 Å². The molecule has 0 aliphatic rings. The molecule has 3 N–H and O–H groups in total. The molecule has 0 unspecified atom stereocenters. The fourth-order valence-corrected chi connectivity index (χ4v) is 3.92. The highest BCUT2D eigenvalue weighted by Crippen LogP contribution is 2.28. The topological polar surface area (TPSA) is 108 Å². The minimum absolute atomic E-state index is 0.0171. The zero-order valence-corrected chi connectivity index (χ0v) is 18.4. The second-order valence-corrected chi connectivity index (χ2v) is 8.37. The minimum Gasteiger partial charge on any atom is -0.481 e. The lowest BCUT2D eigenvalue weighted by atomic mass is 10.1. The molecular weight excluding hydrogens is 493 g/mol. The number of aromatic amines is 1. The lowest BCUT2D eigenvalue weighted by Gasteiger charge is -2.06. The van der Waals surface area contributed by atoms with Crippen LogP contribution in [0.2, 0.25) is 0 Å². The van der Waals surface area contributed by atoms with Crippen LogP contribution in [0.1, 0.15) is 16.1 Å². The number of aromatic nitrogens is 2. The molecule has 5 rings (SSSR count). The summed E-state index contributed by atoms with van der Waals surface area (Å²) in [6.07, 6.45) is -0.130. The van der Waals surface area contributed by atoms with E-state index in [9.17, 15) is 14.0 Å². The largest absolute Gasteiger partial charge is 0.481 e. The number of anilines is 1. The van der Waals surface area contributed by atoms with Gasteiger partial charge in [0.2, 0.25) is 5.89 Å². The first kappa shape index (κ1) is 20.9. The number of oxazole rings is 1. The molecule has 0 saturated carbocycles. The molecule has 7 nitrogen and oxygen atoms in total. The highest BCUT2D eigenvalue weighted by Gasteiger charge is 2.15. The van der Waals surface area contributed by atoms with Crippen molar-refractivity contribution < 1.29 is 23.5 Å². The van der Waals surface area contributed by atoms with Crippen LogP contribution in [0.4, 0.5) is 10.1 Å². The number of carbonyl (C=O) groups excluding carboxylic acids is 1. The molecule has 1 amide bonds. The first-order chi connectivity index (χ1) is 15.9. The Hall–Kier alpha value is -3.98. The summed E-state index contributed by atoms with van der Waals surface area (Å²) >= 11 is 3.39. The number of hydrogen-bond donors (Lipinski definition) is 3. The first-order valence-corrected chi connectivity index (χ1v) is 10.7. The summed E-state index contributed by atoms with van der Waals surface area (Å²) in [5.74, 6) is -1.87. The summed E-state index contributed by atoms with van der Waals surface area (Å²) in [6.45, 7) is 0. The number of H-pyrrole nitrogens is 1. The molecule has 0 radical (unpaired) electrons. The number of amides is 1. The van der Waals surface area contributed by atoms with Gasteiger partial charge < -0.3 is 19.8 Å². The van der Waals surface area contributed by atoms with Gasteiger partial charge in [-0.1, -0.05) is 22.0 Å². The molecule has 0 bridgehead atoms. The molecule has 0 aliphatic carbocycles. The highest BCUT2D eigenvalue weighted by molar-refractivity contribution is 9.10. The number of hydrogen-bond acceptors (Lipinski definition) is 4. The molecule has 164 valence electrons. The van der Waals surface area contributed by atoms with Crippen molar-refractivity contribution in [1.29, 1.82) is 0 Å². The molecule has 5 aromatic rings. The van der Waals surface area contributed by atoms with E-state index in [0.29, 0.717) is 27.9 Å². The lowest BCUT2D eigenvalue weighted by molar-refractivity contribution is -0.136. The van der Waals surface area contributed by atoms with Crippen molar-refractivity contribution in [3.63, 3.8) is 0 Å². The van der Waals surface area contributed by atoms with Crippen molar-refractivity contribution in [1.82, 2.24) is 9.97 Å². The second-order valence-electron chi connectivity index (χ2n) is 7.45. The molecule has 0 spiro atoms. The predicted molar refractivity (Wildman–Crippen MR) is 125 cm³/mol. The van der Waals surface area contributed by atoms with Gasteiger partial charge in [-0.05, 0) is 60.2 Å². The average Bonchev–Trinajstić information content (AvgIpc) is 3.38. The van der Waals surface area contributed by atoms with Crippen LogP contribution in [0.5, 0.6) is 0 Å². The third-order valence-corrected chi connectivity index (χ3v) is 5.59. The van der Waals surface area contributed by atoms with Gasteiger partial charge in [0, 0.05) is 20.9 Å². The maximum Gasteiger partial charge on any atom is 0.307 e. The van der Waals surface area contributed by atoms with E-state index in [1.165, 1.54) is 12.1 Å². The van der Waals surface area contributed by atoms with E-state index in [-0.39, 0.29) is 18.0 Å². The molecule has 9 heteroatoms. The number of fused-ring (bicyclic) bond motifs is 2. The van der Waals surface area contributed by atoms with Crippen LogP contribution in [0.15, 0.2) is 69.6 Å². The number of nitrogens with zero attached hydrogens (tertiary/aromatic N) is 1. The van der Waals surface area contributed by atoms with Crippen molar-refractivity contribution in [2.24, 2.45) is 0 Å². The van der Waals surface area contributed by atoms with E-state index in [4.69, 9.17) is 9.52 Å². The smallest absolute Gasteiger partial charge is 0.307 e. The molecule has 3 aromatic carbocycles. The lowest BCUT2D eigenvalue weighted by Crippen LogP contribution is -2.13. The van der Waals surface area contributed by atoms with Gasteiger partial charge >= 0.3 is 5.97 Å². The molecular formula is C24H15BrFN3O4. The summed E-state index contributed by atoms with van der Waals surface area (Å²) in [6, 6.07) is 16.4. The summed E-state index contributed by atoms with van der Waals surface area (Å²) in [4.78, 5) is 30.9. The predicted octanol–water partition coefficient (Wildman–Crippen LogP) is 5.76. The van der Waals surface area contributed by atoms with E-state index in [1.807, 2.05) is 18.2 Å². The fourth-order valence-electron chi connectivity index (χ4n) is 3.55. The summed E-state index contributed by atoms with van der Waals surface area (Å²) in [5.41, 5.74) is 3.03. The third kappa shape index (κ3) is 4.22. The van der Waals surface area contributed by atoms with Gasteiger partial charge in [-0.25, -0.2) is 9.37 Å². The molecule has 2 heterocycles. The average molecular weight is 508 g/mol. The SMILES string of the molecule is O=C(O)Cc1ccc2oc(-c3ccc(NC(=O)c4cc5cc(Br)ccc5[nH]4)c(F)c3)nc2c1. The van der Waals surface area contributed by atoms with Gasteiger partial charge in [-0.2, -0.15) is 0 Å². The Morgan fingerprint density at radius 3 is 2.73 bits per heavy atom. The van der Waals surface area contributed by atoms with Crippen LogP contribution < -0.4 is 5.32 Å². The number of carbonyl (C=O) groups is 2. The maximum absolute atomic E-state index is 14.8. The standard InChI is InChI=1S/C24H15BrFN3O4/c25-15-3-5-17-14(9-15)11-20(27-17)23(32)28-18-4-2-13(10-16(18)26)24-29-19-7-12(8-22(30)31)1-6-21(19)33-24/h1-7,9-11,27H,8H2,(H,28,32)(H,30,31). The van der Waals surface area contributed by atoms with Crippen molar-refractivity contribution in [2.45, 2.75) is 6.42 Å². The minimum atomic E-state index is -0.946. The normalized spacial score (nSPS) is 11.2. The number of benzene rings is 3. The third-order valence-electron chi connectivity index (χ3n) is 5.10. The number of nitrogens with one attached hydrogen (secondary N) is 2. The van der Waals surface area contributed by atoms with Crippen LogP contribution in [0, 0.1) is 5.82 Å².